The molecule has 0 bridgehead atoms. The van der Waals surface area contributed by atoms with Crippen LogP contribution < -0.4 is 5.32 Å². The highest BCUT2D eigenvalue weighted by atomic mass is 16.6. The van der Waals surface area contributed by atoms with Gasteiger partial charge in [-0.05, 0) is 36.8 Å². The molecule has 0 saturated heterocycles. The van der Waals surface area contributed by atoms with Crippen molar-refractivity contribution in [3.63, 3.8) is 0 Å². The lowest BCUT2D eigenvalue weighted by Crippen LogP contribution is -2.31. The number of nitro benzene ring substituents is 1. The molecule has 4 nitrogen and oxygen atoms in total. The summed E-state index contributed by atoms with van der Waals surface area (Å²) >= 11 is 0. The number of nitrogens with zero attached hydrogens (tertiary/aromatic N) is 1. The molecule has 1 aliphatic carbocycles. The summed E-state index contributed by atoms with van der Waals surface area (Å²) in [4.78, 5) is 10.8. The quantitative estimate of drug-likeness (QED) is 0.652. The van der Waals surface area contributed by atoms with Gasteiger partial charge in [-0.15, -0.1) is 0 Å². The Hall–Kier alpha value is -1.58. The first-order valence-corrected chi connectivity index (χ1v) is 6.42. The number of nitro groups is 1. The predicted molar refractivity (Wildman–Crippen MR) is 72.9 cm³/mol. The van der Waals surface area contributed by atoms with E-state index in [4.69, 9.17) is 0 Å². The molecule has 1 fully saturated rings. The highest BCUT2D eigenvalue weighted by molar-refractivity contribution is 5.63. The van der Waals surface area contributed by atoms with Gasteiger partial charge in [0.05, 0.1) is 4.92 Å². The summed E-state index contributed by atoms with van der Waals surface area (Å²) in [6.07, 6.45) is 3.44. The van der Waals surface area contributed by atoms with Crippen LogP contribution in [0.15, 0.2) is 18.2 Å². The van der Waals surface area contributed by atoms with Crippen LogP contribution in [0.2, 0.25) is 0 Å². The Labute approximate surface area is 108 Å². The number of nitrogens with one attached hydrogen (secondary N) is 1. The van der Waals surface area contributed by atoms with Gasteiger partial charge in [0.2, 0.25) is 0 Å². The third kappa shape index (κ3) is 2.47. The van der Waals surface area contributed by atoms with Gasteiger partial charge in [-0.25, -0.2) is 0 Å². The Kier molecular flexibility index (Phi) is 3.28. The Balaban J connectivity index is 2.26. The molecule has 1 aromatic rings. The number of hydrogen-bond donors (Lipinski definition) is 1. The second-order valence-corrected chi connectivity index (χ2v) is 5.86. The molecule has 0 amide bonds. The second kappa shape index (κ2) is 4.59. The minimum Gasteiger partial charge on any atom is -0.376 e. The van der Waals surface area contributed by atoms with Crippen molar-refractivity contribution in [2.75, 3.05) is 5.32 Å². The Bertz CT molecular complexity index is 469. The molecule has 0 radical (unpaired) electrons. The molecule has 0 heterocycles. The van der Waals surface area contributed by atoms with E-state index in [0.717, 1.165) is 12.0 Å². The van der Waals surface area contributed by atoms with Crippen LogP contribution in [-0.2, 0) is 0 Å². The van der Waals surface area contributed by atoms with Crippen LogP contribution in [0.5, 0.6) is 0 Å². The van der Waals surface area contributed by atoms with Gasteiger partial charge in [0.1, 0.15) is 5.69 Å². The summed E-state index contributed by atoms with van der Waals surface area (Å²) in [6, 6.07) is 5.68. The van der Waals surface area contributed by atoms with Gasteiger partial charge in [0, 0.05) is 12.1 Å². The van der Waals surface area contributed by atoms with Crippen LogP contribution in [0.3, 0.4) is 0 Å². The van der Waals surface area contributed by atoms with Gasteiger partial charge < -0.3 is 5.32 Å². The fourth-order valence-electron chi connectivity index (χ4n) is 2.70. The maximum atomic E-state index is 11.1. The molecular weight excluding hydrogens is 228 g/mol. The monoisotopic (exact) mass is 248 g/mol. The van der Waals surface area contributed by atoms with E-state index in [0.29, 0.717) is 11.7 Å². The Morgan fingerprint density at radius 2 is 2.17 bits per heavy atom. The minimum atomic E-state index is -0.308. The van der Waals surface area contributed by atoms with Crippen molar-refractivity contribution >= 4 is 11.4 Å². The van der Waals surface area contributed by atoms with Crippen molar-refractivity contribution < 1.29 is 4.92 Å². The van der Waals surface area contributed by atoms with Gasteiger partial charge in [0.25, 0.3) is 5.69 Å². The van der Waals surface area contributed by atoms with Gasteiger partial charge >= 0.3 is 0 Å². The lowest BCUT2D eigenvalue weighted by Gasteiger charge is -2.28. The molecule has 0 aliphatic heterocycles. The smallest absolute Gasteiger partial charge is 0.292 e. The fourth-order valence-corrected chi connectivity index (χ4v) is 2.70. The topological polar surface area (TPSA) is 55.2 Å². The molecule has 1 atom stereocenters. The van der Waals surface area contributed by atoms with E-state index >= 15 is 0 Å². The molecule has 1 N–H and O–H groups in total. The molecule has 4 heteroatoms. The van der Waals surface area contributed by atoms with Gasteiger partial charge in [-0.1, -0.05) is 26.3 Å². The lowest BCUT2D eigenvalue weighted by molar-refractivity contribution is -0.384. The average molecular weight is 248 g/mol. The normalized spacial score (nSPS) is 21.8. The van der Waals surface area contributed by atoms with E-state index in [-0.39, 0.29) is 16.0 Å². The van der Waals surface area contributed by atoms with E-state index in [1.54, 1.807) is 6.07 Å². The van der Waals surface area contributed by atoms with Gasteiger partial charge in [0.15, 0.2) is 0 Å². The van der Waals surface area contributed by atoms with Crippen LogP contribution in [0.25, 0.3) is 0 Å². The van der Waals surface area contributed by atoms with Gasteiger partial charge in [-0.3, -0.25) is 10.1 Å². The van der Waals surface area contributed by atoms with Crippen molar-refractivity contribution in [2.24, 2.45) is 5.41 Å². The molecule has 0 spiro atoms. The van der Waals surface area contributed by atoms with E-state index in [1.165, 1.54) is 12.8 Å². The van der Waals surface area contributed by atoms with Crippen LogP contribution in [0.4, 0.5) is 11.4 Å². The Morgan fingerprint density at radius 3 is 2.72 bits per heavy atom. The predicted octanol–water partition coefficient (Wildman–Crippen LogP) is 3.89. The molecule has 0 aromatic heterocycles. The van der Waals surface area contributed by atoms with Crippen molar-refractivity contribution in [2.45, 2.75) is 46.1 Å². The lowest BCUT2D eigenvalue weighted by atomic mass is 9.87. The first kappa shape index (κ1) is 12.9. The third-order valence-electron chi connectivity index (χ3n) is 3.94. The summed E-state index contributed by atoms with van der Waals surface area (Å²) in [7, 11) is 0. The molecule has 1 aromatic carbocycles. The molecule has 18 heavy (non-hydrogen) atoms. The standard InChI is InChI=1S/C14H20N2O2/c1-10-6-7-11(12(9-10)16(17)18)15-13-5-4-8-14(13,2)3/h6-7,9,13,15H,4-5,8H2,1-3H3. The number of benzene rings is 1. The summed E-state index contributed by atoms with van der Waals surface area (Å²) in [5.41, 5.74) is 1.94. The second-order valence-electron chi connectivity index (χ2n) is 5.86. The van der Waals surface area contributed by atoms with E-state index < -0.39 is 0 Å². The van der Waals surface area contributed by atoms with Crippen LogP contribution >= 0.6 is 0 Å². The molecule has 98 valence electrons. The molecule has 1 unspecified atom stereocenters. The van der Waals surface area contributed by atoms with Crippen LogP contribution in [0, 0.1) is 22.5 Å². The number of aryl methyl sites for hydroxylation is 1. The zero-order valence-electron chi connectivity index (χ0n) is 11.2. The van der Waals surface area contributed by atoms with Crippen molar-refractivity contribution in [1.29, 1.82) is 0 Å². The van der Waals surface area contributed by atoms with Crippen LogP contribution in [-0.4, -0.2) is 11.0 Å². The first-order valence-electron chi connectivity index (χ1n) is 6.42. The maximum Gasteiger partial charge on any atom is 0.292 e. The summed E-state index contributed by atoms with van der Waals surface area (Å²) in [5, 5.41) is 14.4. The number of hydrogen-bond acceptors (Lipinski definition) is 3. The van der Waals surface area contributed by atoms with Crippen molar-refractivity contribution in [1.82, 2.24) is 0 Å². The Morgan fingerprint density at radius 1 is 1.44 bits per heavy atom. The fraction of sp³-hybridized carbons (Fsp3) is 0.571. The zero-order valence-corrected chi connectivity index (χ0v) is 11.2. The maximum absolute atomic E-state index is 11.1. The molecule has 1 saturated carbocycles. The van der Waals surface area contributed by atoms with E-state index in [9.17, 15) is 10.1 Å². The first-order chi connectivity index (χ1) is 8.40. The largest absolute Gasteiger partial charge is 0.376 e. The molecule has 2 rings (SSSR count). The van der Waals surface area contributed by atoms with E-state index in [2.05, 4.69) is 19.2 Å². The number of rotatable bonds is 3. The third-order valence-corrected chi connectivity index (χ3v) is 3.94. The minimum absolute atomic E-state index is 0.178. The average Bonchev–Trinajstić information content (AvgIpc) is 2.60. The summed E-state index contributed by atoms with van der Waals surface area (Å²) < 4.78 is 0. The van der Waals surface area contributed by atoms with Crippen molar-refractivity contribution in [3.05, 3.63) is 33.9 Å². The highest BCUT2D eigenvalue weighted by Crippen LogP contribution is 2.40. The molecule has 1 aliphatic rings. The van der Waals surface area contributed by atoms with Gasteiger partial charge in [-0.2, -0.15) is 0 Å². The number of anilines is 1. The van der Waals surface area contributed by atoms with E-state index in [1.807, 2.05) is 19.1 Å². The highest BCUT2D eigenvalue weighted by Gasteiger charge is 2.35. The van der Waals surface area contributed by atoms with Crippen LogP contribution in [0.1, 0.15) is 38.7 Å². The zero-order chi connectivity index (χ0) is 13.3. The van der Waals surface area contributed by atoms with Crippen molar-refractivity contribution in [3.8, 4) is 0 Å². The SMILES string of the molecule is Cc1ccc(NC2CCCC2(C)C)c([N+](=O)[O-])c1. The molecular formula is C14H20N2O2. The summed E-state index contributed by atoms with van der Waals surface area (Å²) in [6.45, 7) is 6.31. The summed E-state index contributed by atoms with van der Waals surface area (Å²) in [5.74, 6) is 0.